The Morgan fingerprint density at radius 2 is 2.00 bits per heavy atom. The first-order valence-electron chi connectivity index (χ1n) is 12.4. The average Bonchev–Trinajstić information content (AvgIpc) is 3.27. The Morgan fingerprint density at radius 1 is 1.18 bits per heavy atom. The second-order valence-electron chi connectivity index (χ2n) is 10.3. The molecule has 33 heavy (non-hydrogen) atoms. The zero-order valence-electron chi connectivity index (χ0n) is 20.0. The predicted octanol–water partition coefficient (Wildman–Crippen LogP) is 4.37. The van der Waals surface area contributed by atoms with Crippen molar-refractivity contribution in [3.05, 3.63) is 59.7 Å². The van der Waals surface area contributed by atoms with E-state index in [1.807, 2.05) is 12.1 Å². The molecular weight excluding hydrogens is 412 g/mol. The summed E-state index contributed by atoms with van der Waals surface area (Å²) in [6, 6.07) is 17.2. The van der Waals surface area contributed by atoms with E-state index >= 15 is 0 Å². The van der Waals surface area contributed by atoms with Gasteiger partial charge in [-0.1, -0.05) is 56.3 Å². The maximum absolute atomic E-state index is 14.2. The molecule has 0 radical (unpaired) electrons. The Balaban J connectivity index is 1.44. The molecule has 1 spiro atoms. The maximum Gasteiger partial charge on any atom is 0.228 e. The Morgan fingerprint density at radius 3 is 2.76 bits per heavy atom. The topological polar surface area (TPSA) is 50.8 Å². The van der Waals surface area contributed by atoms with Crippen LogP contribution < -0.4 is 14.8 Å². The van der Waals surface area contributed by atoms with Crippen LogP contribution in [0.4, 0.5) is 0 Å². The monoisotopic (exact) mass is 448 g/mol. The van der Waals surface area contributed by atoms with Crippen molar-refractivity contribution in [3.8, 4) is 11.5 Å². The third-order valence-corrected chi connectivity index (χ3v) is 8.25. The number of hydrogen-bond acceptors (Lipinski definition) is 4. The lowest BCUT2D eigenvalue weighted by Crippen LogP contribution is -2.54. The number of methoxy groups -OCH3 is 1. The number of carbonyl (C=O) groups excluding carboxylic acids is 1. The van der Waals surface area contributed by atoms with Gasteiger partial charge in [-0.3, -0.25) is 4.79 Å². The van der Waals surface area contributed by atoms with E-state index < -0.39 is 0 Å². The minimum absolute atomic E-state index is 0.0817. The molecule has 1 N–H and O–H groups in total. The SMILES string of the molecule is COc1cccc2c1OCC[C@]21CNC[C@H]1C(=O)N1CCC(c2ccccc2)CC1C(C)C. The first-order valence-corrected chi connectivity index (χ1v) is 12.4. The Labute approximate surface area is 197 Å². The molecule has 176 valence electrons. The molecule has 4 atom stereocenters. The fraction of sp³-hybridized carbons (Fsp3) is 0.536. The van der Waals surface area contributed by atoms with Gasteiger partial charge in [-0.2, -0.15) is 0 Å². The van der Waals surface area contributed by atoms with Gasteiger partial charge in [0.25, 0.3) is 0 Å². The fourth-order valence-electron chi connectivity index (χ4n) is 6.45. The maximum atomic E-state index is 14.2. The van der Waals surface area contributed by atoms with E-state index in [1.54, 1.807) is 7.11 Å². The minimum Gasteiger partial charge on any atom is -0.493 e. The van der Waals surface area contributed by atoms with Crippen molar-refractivity contribution < 1.29 is 14.3 Å². The summed E-state index contributed by atoms with van der Waals surface area (Å²) in [5, 5.41) is 3.57. The molecule has 2 saturated heterocycles. The number of carbonyl (C=O) groups is 1. The summed E-state index contributed by atoms with van der Waals surface area (Å²) >= 11 is 0. The number of fused-ring (bicyclic) bond motifs is 2. The Bertz CT molecular complexity index is 992. The van der Waals surface area contributed by atoms with Gasteiger partial charge in [-0.25, -0.2) is 0 Å². The number of para-hydroxylation sites is 1. The highest BCUT2D eigenvalue weighted by atomic mass is 16.5. The lowest BCUT2D eigenvalue weighted by molar-refractivity contribution is -0.142. The first-order chi connectivity index (χ1) is 16.0. The zero-order valence-corrected chi connectivity index (χ0v) is 20.0. The summed E-state index contributed by atoms with van der Waals surface area (Å²) in [5.74, 6) is 2.74. The average molecular weight is 449 g/mol. The number of amides is 1. The molecule has 5 rings (SSSR count). The molecule has 0 saturated carbocycles. The van der Waals surface area contributed by atoms with Gasteiger partial charge in [0.15, 0.2) is 11.5 Å². The molecule has 3 aliphatic heterocycles. The first kappa shape index (κ1) is 22.3. The number of likely N-dealkylation sites (tertiary alicyclic amines) is 1. The number of ether oxygens (including phenoxy) is 2. The molecule has 2 fully saturated rings. The van der Waals surface area contributed by atoms with Gasteiger partial charge in [-0.05, 0) is 42.7 Å². The quantitative estimate of drug-likeness (QED) is 0.755. The molecule has 0 aromatic heterocycles. The normalized spacial score (nSPS) is 29.1. The lowest BCUT2D eigenvalue weighted by Gasteiger charge is -2.46. The van der Waals surface area contributed by atoms with Crippen LogP contribution in [0.25, 0.3) is 0 Å². The summed E-state index contributed by atoms with van der Waals surface area (Å²) in [5.41, 5.74) is 2.29. The van der Waals surface area contributed by atoms with E-state index in [1.165, 1.54) is 5.56 Å². The molecule has 0 bridgehead atoms. The van der Waals surface area contributed by atoms with E-state index in [2.05, 4.69) is 60.5 Å². The smallest absolute Gasteiger partial charge is 0.228 e. The third kappa shape index (κ3) is 3.80. The van der Waals surface area contributed by atoms with Crippen molar-refractivity contribution in [1.29, 1.82) is 0 Å². The molecule has 0 aliphatic carbocycles. The minimum atomic E-state index is -0.239. The summed E-state index contributed by atoms with van der Waals surface area (Å²) in [7, 11) is 1.68. The van der Waals surface area contributed by atoms with Gasteiger partial charge in [0, 0.05) is 36.7 Å². The molecule has 2 aromatic carbocycles. The zero-order chi connectivity index (χ0) is 23.0. The van der Waals surface area contributed by atoms with Crippen LogP contribution in [0.15, 0.2) is 48.5 Å². The van der Waals surface area contributed by atoms with Crippen LogP contribution in [-0.2, 0) is 10.2 Å². The third-order valence-electron chi connectivity index (χ3n) is 8.25. The van der Waals surface area contributed by atoms with E-state index in [0.717, 1.165) is 56.0 Å². The van der Waals surface area contributed by atoms with Crippen molar-refractivity contribution in [1.82, 2.24) is 10.2 Å². The number of piperidine rings is 1. The van der Waals surface area contributed by atoms with E-state index in [-0.39, 0.29) is 17.4 Å². The summed E-state index contributed by atoms with van der Waals surface area (Å²) in [6.07, 6.45) is 2.91. The number of rotatable bonds is 4. The van der Waals surface area contributed by atoms with E-state index in [4.69, 9.17) is 9.47 Å². The molecule has 2 aromatic rings. The van der Waals surface area contributed by atoms with Crippen LogP contribution in [0.5, 0.6) is 11.5 Å². The van der Waals surface area contributed by atoms with E-state index in [9.17, 15) is 4.79 Å². The van der Waals surface area contributed by atoms with Gasteiger partial charge >= 0.3 is 0 Å². The van der Waals surface area contributed by atoms with Gasteiger partial charge in [0.05, 0.1) is 19.6 Å². The van der Waals surface area contributed by atoms with Gasteiger partial charge in [-0.15, -0.1) is 0 Å². The standard InChI is InChI=1S/C28H36N2O3/c1-19(2)24-16-21(20-8-5-4-6-9-20)12-14-30(24)27(31)23-17-29-18-28(23)13-15-33-26-22(28)10-7-11-25(26)32-3/h4-11,19,21,23-24,29H,12-18H2,1-3H3/t21?,23-,24?,28-/m0/s1. The summed E-state index contributed by atoms with van der Waals surface area (Å²) < 4.78 is 11.6. The van der Waals surface area contributed by atoms with E-state index in [0.29, 0.717) is 24.3 Å². The van der Waals surface area contributed by atoms with Gasteiger partial charge in [0.1, 0.15) is 0 Å². The van der Waals surface area contributed by atoms with Gasteiger partial charge < -0.3 is 19.7 Å². The van der Waals surface area contributed by atoms with Crippen molar-refractivity contribution >= 4 is 5.91 Å². The molecule has 3 heterocycles. The Kier molecular flexibility index (Phi) is 6.09. The summed E-state index contributed by atoms with van der Waals surface area (Å²) in [6.45, 7) is 7.49. The van der Waals surface area contributed by atoms with Crippen LogP contribution >= 0.6 is 0 Å². The molecule has 5 heteroatoms. The highest BCUT2D eigenvalue weighted by Crippen LogP contribution is 2.50. The molecule has 3 aliphatic rings. The van der Waals surface area contributed by atoms with Gasteiger partial charge in [0.2, 0.25) is 5.91 Å². The number of nitrogens with zero attached hydrogens (tertiary/aromatic N) is 1. The van der Waals surface area contributed by atoms with Crippen molar-refractivity contribution in [2.45, 2.75) is 50.5 Å². The summed E-state index contributed by atoms with van der Waals surface area (Å²) in [4.78, 5) is 16.4. The Hall–Kier alpha value is -2.53. The van der Waals surface area contributed by atoms with Crippen LogP contribution in [0.3, 0.4) is 0 Å². The number of benzene rings is 2. The molecule has 5 nitrogen and oxygen atoms in total. The van der Waals surface area contributed by atoms with Crippen molar-refractivity contribution in [2.75, 3.05) is 33.4 Å². The fourth-order valence-corrected chi connectivity index (χ4v) is 6.45. The second kappa shape index (κ2) is 9.02. The van der Waals surface area contributed by atoms with Crippen LogP contribution in [0.2, 0.25) is 0 Å². The predicted molar refractivity (Wildman–Crippen MR) is 130 cm³/mol. The molecular formula is C28H36N2O3. The highest BCUT2D eigenvalue weighted by Gasteiger charge is 2.53. The number of nitrogens with one attached hydrogen (secondary N) is 1. The van der Waals surface area contributed by atoms with Crippen LogP contribution in [0, 0.1) is 11.8 Å². The largest absolute Gasteiger partial charge is 0.493 e. The molecule has 1 amide bonds. The molecule has 2 unspecified atom stereocenters. The highest BCUT2D eigenvalue weighted by molar-refractivity contribution is 5.82. The van der Waals surface area contributed by atoms with Crippen molar-refractivity contribution in [2.24, 2.45) is 11.8 Å². The number of hydrogen-bond donors (Lipinski definition) is 1. The second-order valence-corrected chi connectivity index (χ2v) is 10.3. The van der Waals surface area contributed by atoms with Crippen LogP contribution in [-0.4, -0.2) is 50.2 Å². The van der Waals surface area contributed by atoms with Crippen LogP contribution in [0.1, 0.15) is 50.2 Å². The van der Waals surface area contributed by atoms with Crippen molar-refractivity contribution in [3.63, 3.8) is 0 Å². The lowest BCUT2D eigenvalue weighted by atomic mass is 9.68.